The van der Waals surface area contributed by atoms with Gasteiger partial charge in [-0.15, -0.1) is 5.10 Å². The first-order valence-corrected chi connectivity index (χ1v) is 15.1. The number of halogens is 1. The zero-order valence-corrected chi connectivity index (χ0v) is 24.7. The van der Waals surface area contributed by atoms with Crippen molar-refractivity contribution in [1.82, 2.24) is 15.0 Å². The molecule has 1 fully saturated rings. The number of aromatic nitrogens is 3. The fraction of sp³-hybridized carbons (Fsp3) is 0.438. The van der Waals surface area contributed by atoms with Gasteiger partial charge in [0.15, 0.2) is 5.60 Å². The molecule has 2 aliphatic rings. The molecule has 2 N–H and O–H groups in total. The number of hydrogen-bond acceptors (Lipinski definition) is 6. The molecule has 2 aromatic carbocycles. The third kappa shape index (κ3) is 6.28. The van der Waals surface area contributed by atoms with Crippen molar-refractivity contribution in [1.29, 1.82) is 0 Å². The van der Waals surface area contributed by atoms with Crippen LogP contribution in [0.4, 0.5) is 11.4 Å². The molecule has 0 aliphatic carbocycles. The van der Waals surface area contributed by atoms with Crippen LogP contribution in [0.1, 0.15) is 62.3 Å². The zero-order chi connectivity index (χ0) is 29.7. The van der Waals surface area contributed by atoms with Gasteiger partial charge in [-0.3, -0.25) is 14.3 Å². The second-order valence-electron chi connectivity index (χ2n) is 11.2. The molecule has 0 spiro atoms. The SMILES string of the molecule is C[C@H](/C=C/CCn1cc(CCO)nn1)[C@@]1(O)C(=O)N(Cc2cccc(N3CCCCCCC3=O)c2)c2ccc(Cl)cc21. The third-order valence-corrected chi connectivity index (χ3v) is 8.42. The average Bonchev–Trinajstić information content (AvgIpc) is 3.50. The topological polar surface area (TPSA) is 112 Å². The van der Waals surface area contributed by atoms with Gasteiger partial charge in [0.2, 0.25) is 5.91 Å². The number of rotatable bonds is 10. The summed E-state index contributed by atoms with van der Waals surface area (Å²) in [6, 6.07) is 13.0. The molecule has 9 nitrogen and oxygen atoms in total. The molecule has 2 atom stereocenters. The van der Waals surface area contributed by atoms with Gasteiger partial charge >= 0.3 is 0 Å². The molecule has 222 valence electrons. The Morgan fingerprint density at radius 3 is 2.79 bits per heavy atom. The van der Waals surface area contributed by atoms with Crippen LogP contribution in [0.5, 0.6) is 0 Å². The summed E-state index contributed by atoms with van der Waals surface area (Å²) >= 11 is 6.35. The lowest BCUT2D eigenvalue weighted by Crippen LogP contribution is -2.44. The van der Waals surface area contributed by atoms with Crippen molar-refractivity contribution in [3.8, 4) is 0 Å². The monoisotopic (exact) mass is 591 g/mol. The van der Waals surface area contributed by atoms with E-state index in [4.69, 9.17) is 16.7 Å². The van der Waals surface area contributed by atoms with Crippen LogP contribution in [0.25, 0.3) is 0 Å². The Morgan fingerprint density at radius 2 is 1.95 bits per heavy atom. The summed E-state index contributed by atoms with van der Waals surface area (Å²) in [7, 11) is 0. The number of fused-ring (bicyclic) bond motifs is 1. The molecular formula is C32H38ClN5O4. The van der Waals surface area contributed by atoms with Gasteiger partial charge in [-0.2, -0.15) is 0 Å². The number of allylic oxidation sites excluding steroid dienone is 1. The Kier molecular flexibility index (Phi) is 9.40. The summed E-state index contributed by atoms with van der Waals surface area (Å²) in [5, 5.41) is 29.6. The first-order chi connectivity index (χ1) is 20.3. The standard InChI is InChI=1S/C32H38ClN5O4/c1-23(9-5-7-16-36-22-26(15-18-39)34-35-36)32(42)28-20-25(33)13-14-29(28)38(31(32)41)21-24-10-8-11-27(19-24)37-17-6-3-2-4-12-30(37)40/h5,8-11,13-14,19-20,22-23,39,42H,2-4,6-7,12,15-18,21H2,1H3/b9-5+/t23-,32+/m1/s1. The second kappa shape index (κ2) is 13.2. The van der Waals surface area contributed by atoms with Gasteiger partial charge in [-0.1, -0.05) is 60.9 Å². The smallest absolute Gasteiger partial charge is 0.264 e. The van der Waals surface area contributed by atoms with Crippen LogP contribution in [0.3, 0.4) is 0 Å². The minimum atomic E-state index is -1.78. The number of hydrogen-bond donors (Lipinski definition) is 2. The number of aliphatic hydroxyl groups excluding tert-OH is 1. The number of carbonyl (C=O) groups is 2. The molecule has 1 aromatic heterocycles. The highest BCUT2D eigenvalue weighted by Crippen LogP contribution is 2.46. The zero-order valence-electron chi connectivity index (χ0n) is 24.0. The van der Waals surface area contributed by atoms with Crippen LogP contribution in [0, 0.1) is 5.92 Å². The van der Waals surface area contributed by atoms with Crippen LogP contribution in [0.15, 0.2) is 60.8 Å². The quantitative estimate of drug-likeness (QED) is 0.328. The fourth-order valence-corrected chi connectivity index (χ4v) is 6.01. The number of nitrogens with zero attached hydrogens (tertiary/aromatic N) is 5. The number of aliphatic hydroxyl groups is 2. The van der Waals surface area contributed by atoms with Gasteiger partial charge in [0, 0.05) is 60.9 Å². The predicted octanol–water partition coefficient (Wildman–Crippen LogP) is 4.78. The van der Waals surface area contributed by atoms with E-state index in [0.29, 0.717) is 48.6 Å². The van der Waals surface area contributed by atoms with E-state index in [1.54, 1.807) is 34.0 Å². The predicted molar refractivity (Wildman–Crippen MR) is 162 cm³/mol. The Hall–Kier alpha value is -3.53. The van der Waals surface area contributed by atoms with E-state index in [2.05, 4.69) is 10.3 Å². The van der Waals surface area contributed by atoms with Crippen molar-refractivity contribution in [2.75, 3.05) is 23.0 Å². The lowest BCUT2D eigenvalue weighted by Gasteiger charge is -2.28. The number of anilines is 2. The molecule has 0 radical (unpaired) electrons. The third-order valence-electron chi connectivity index (χ3n) is 8.18. The molecule has 2 amide bonds. The van der Waals surface area contributed by atoms with E-state index in [1.165, 1.54) is 0 Å². The van der Waals surface area contributed by atoms with E-state index in [9.17, 15) is 14.7 Å². The maximum Gasteiger partial charge on any atom is 0.264 e. The van der Waals surface area contributed by atoms with Crippen molar-refractivity contribution in [2.24, 2.45) is 5.92 Å². The Bertz CT molecular complexity index is 1460. The van der Waals surface area contributed by atoms with Gasteiger partial charge in [0.05, 0.1) is 17.9 Å². The minimum Gasteiger partial charge on any atom is -0.396 e. The summed E-state index contributed by atoms with van der Waals surface area (Å²) in [4.78, 5) is 30.3. The molecule has 10 heteroatoms. The molecule has 0 saturated carbocycles. The summed E-state index contributed by atoms with van der Waals surface area (Å²) in [6.45, 7) is 3.37. The van der Waals surface area contributed by atoms with Gasteiger partial charge < -0.3 is 20.0 Å². The van der Waals surface area contributed by atoms with Crippen LogP contribution in [-0.4, -0.2) is 50.2 Å². The summed E-state index contributed by atoms with van der Waals surface area (Å²) in [6.07, 6.45) is 11.3. The normalized spacial score (nSPS) is 20.2. The van der Waals surface area contributed by atoms with E-state index < -0.39 is 17.4 Å². The lowest BCUT2D eigenvalue weighted by molar-refractivity contribution is -0.139. The van der Waals surface area contributed by atoms with Crippen LogP contribution in [0.2, 0.25) is 5.02 Å². The molecule has 0 bridgehead atoms. The van der Waals surface area contributed by atoms with Gasteiger partial charge in [-0.05, 0) is 55.2 Å². The molecule has 42 heavy (non-hydrogen) atoms. The average molecular weight is 592 g/mol. The summed E-state index contributed by atoms with van der Waals surface area (Å²) in [5.74, 6) is -0.805. The van der Waals surface area contributed by atoms with Crippen LogP contribution < -0.4 is 9.80 Å². The lowest BCUT2D eigenvalue weighted by atomic mass is 9.83. The van der Waals surface area contributed by atoms with Gasteiger partial charge in [0.25, 0.3) is 5.91 Å². The van der Waals surface area contributed by atoms with E-state index in [0.717, 1.165) is 42.6 Å². The van der Waals surface area contributed by atoms with E-state index >= 15 is 0 Å². The molecule has 2 aliphatic heterocycles. The second-order valence-corrected chi connectivity index (χ2v) is 11.6. The van der Waals surface area contributed by atoms with Crippen molar-refractivity contribution in [3.05, 3.63) is 82.7 Å². The first-order valence-electron chi connectivity index (χ1n) is 14.7. The number of amides is 2. The highest BCUT2D eigenvalue weighted by atomic mass is 35.5. The molecule has 3 aromatic rings. The number of aryl methyl sites for hydroxylation is 1. The van der Waals surface area contributed by atoms with Crippen molar-refractivity contribution < 1.29 is 19.8 Å². The summed E-state index contributed by atoms with van der Waals surface area (Å²) in [5.41, 5.74) is 1.76. The maximum absolute atomic E-state index is 14.0. The first kappa shape index (κ1) is 29.9. The molecule has 1 saturated heterocycles. The molecule has 5 rings (SSSR count). The summed E-state index contributed by atoms with van der Waals surface area (Å²) < 4.78 is 1.71. The maximum atomic E-state index is 14.0. The Morgan fingerprint density at radius 1 is 1.12 bits per heavy atom. The van der Waals surface area contributed by atoms with Crippen LogP contribution in [-0.2, 0) is 34.7 Å². The van der Waals surface area contributed by atoms with Crippen molar-refractivity contribution in [3.63, 3.8) is 0 Å². The number of carbonyl (C=O) groups excluding carboxylic acids is 2. The fourth-order valence-electron chi connectivity index (χ4n) is 5.84. The highest BCUT2D eigenvalue weighted by Gasteiger charge is 2.52. The van der Waals surface area contributed by atoms with Gasteiger partial charge in [0.1, 0.15) is 0 Å². The largest absolute Gasteiger partial charge is 0.396 e. The molecule has 0 unspecified atom stereocenters. The molecular weight excluding hydrogens is 554 g/mol. The number of benzene rings is 2. The van der Waals surface area contributed by atoms with Crippen molar-refractivity contribution >= 4 is 34.8 Å². The Labute approximate surface area is 251 Å². The Balaban J connectivity index is 1.34. The van der Waals surface area contributed by atoms with Crippen molar-refractivity contribution in [2.45, 2.75) is 70.6 Å². The minimum absolute atomic E-state index is 0.0226. The molecule has 3 heterocycles. The van der Waals surface area contributed by atoms with E-state index in [-0.39, 0.29) is 19.1 Å². The van der Waals surface area contributed by atoms with Crippen LogP contribution >= 0.6 is 11.6 Å². The van der Waals surface area contributed by atoms with E-state index in [1.807, 2.05) is 48.2 Å². The highest BCUT2D eigenvalue weighted by molar-refractivity contribution is 6.31. The van der Waals surface area contributed by atoms with Gasteiger partial charge in [-0.25, -0.2) is 0 Å².